The molecule has 1 aromatic rings. The summed E-state index contributed by atoms with van der Waals surface area (Å²) in [6, 6.07) is 10.1. The molecule has 1 aromatic carbocycles. The second kappa shape index (κ2) is 5.85. The maximum atomic E-state index is 12.8. The second-order valence-electron chi connectivity index (χ2n) is 6.96. The molecule has 0 amide bonds. The minimum atomic E-state index is -0.505. The van der Waals surface area contributed by atoms with Gasteiger partial charge in [-0.3, -0.25) is 4.79 Å². The molecule has 2 atom stereocenters. The number of carbonyl (C=O) groups is 1. The lowest BCUT2D eigenvalue weighted by Crippen LogP contribution is -2.44. The quantitative estimate of drug-likeness (QED) is 0.730. The highest BCUT2D eigenvalue weighted by molar-refractivity contribution is 9.10. The number of rotatable bonds is 1. The summed E-state index contributed by atoms with van der Waals surface area (Å²) in [6.07, 6.45) is 1.28. The third kappa shape index (κ3) is 2.98. The molecule has 118 valence electrons. The summed E-state index contributed by atoms with van der Waals surface area (Å²) in [5.41, 5.74) is 2.52. The molecule has 1 heterocycles. The summed E-state index contributed by atoms with van der Waals surface area (Å²) < 4.78 is 0.969. The number of nitriles is 1. The van der Waals surface area contributed by atoms with Gasteiger partial charge in [-0.1, -0.05) is 54.1 Å². The zero-order valence-corrected chi connectivity index (χ0v) is 15.4. The molecule has 1 aliphatic carbocycles. The predicted octanol–water partition coefficient (Wildman–Crippen LogP) is 4.25. The molecule has 23 heavy (non-hydrogen) atoms. The van der Waals surface area contributed by atoms with Crippen molar-refractivity contribution >= 4 is 38.9 Å². The van der Waals surface area contributed by atoms with Crippen molar-refractivity contribution in [2.24, 2.45) is 11.3 Å². The Labute approximate surface area is 149 Å². The summed E-state index contributed by atoms with van der Waals surface area (Å²) >= 11 is 8.85. The Morgan fingerprint density at radius 3 is 2.57 bits per heavy atom. The van der Waals surface area contributed by atoms with Gasteiger partial charge in [0.2, 0.25) is 0 Å². The Morgan fingerprint density at radius 1 is 1.30 bits per heavy atom. The van der Waals surface area contributed by atoms with Crippen LogP contribution in [0, 0.1) is 22.7 Å². The van der Waals surface area contributed by atoms with E-state index in [4.69, 9.17) is 12.2 Å². The zero-order chi connectivity index (χ0) is 16.8. The van der Waals surface area contributed by atoms with Gasteiger partial charge in [0.1, 0.15) is 5.92 Å². The number of hydrogen-bond donors (Lipinski definition) is 1. The summed E-state index contributed by atoms with van der Waals surface area (Å²) in [6.45, 7) is 4.18. The lowest BCUT2D eigenvalue weighted by atomic mass is 9.67. The number of hydrogen-bond acceptors (Lipinski definition) is 3. The highest BCUT2D eigenvalue weighted by Gasteiger charge is 2.44. The van der Waals surface area contributed by atoms with Crippen LogP contribution in [0.1, 0.15) is 38.2 Å². The SMILES string of the molecule is CC1(C)CC(=O)C2=C(C1)NC(=S)[C@@H](C#N)[C@@H]2c1ccc(Br)cc1. The predicted molar refractivity (Wildman–Crippen MR) is 96.8 cm³/mol. The zero-order valence-electron chi connectivity index (χ0n) is 13.0. The van der Waals surface area contributed by atoms with Crippen LogP contribution in [0.5, 0.6) is 0 Å². The molecule has 0 bridgehead atoms. The average molecular weight is 389 g/mol. The van der Waals surface area contributed by atoms with Gasteiger partial charge in [-0.25, -0.2) is 0 Å². The molecule has 0 aromatic heterocycles. The second-order valence-corrected chi connectivity index (χ2v) is 8.31. The third-order valence-electron chi connectivity index (χ3n) is 4.49. The highest BCUT2D eigenvalue weighted by Crippen LogP contribution is 2.46. The average Bonchev–Trinajstić information content (AvgIpc) is 2.45. The van der Waals surface area contributed by atoms with Gasteiger partial charge in [-0.15, -0.1) is 0 Å². The number of thiocarbonyl (C=S) groups is 1. The molecule has 0 fully saturated rings. The molecule has 0 unspecified atom stereocenters. The fourth-order valence-electron chi connectivity index (χ4n) is 3.51. The Kier molecular flexibility index (Phi) is 4.16. The third-order valence-corrected chi connectivity index (χ3v) is 5.37. The van der Waals surface area contributed by atoms with Crippen LogP contribution < -0.4 is 5.32 Å². The van der Waals surface area contributed by atoms with Crippen molar-refractivity contribution in [1.29, 1.82) is 5.26 Å². The van der Waals surface area contributed by atoms with Crippen molar-refractivity contribution < 1.29 is 4.79 Å². The minimum Gasteiger partial charge on any atom is -0.352 e. The van der Waals surface area contributed by atoms with Crippen LogP contribution in [0.25, 0.3) is 0 Å². The first-order valence-corrected chi connectivity index (χ1v) is 8.75. The van der Waals surface area contributed by atoms with Crippen molar-refractivity contribution in [3.63, 3.8) is 0 Å². The van der Waals surface area contributed by atoms with Crippen molar-refractivity contribution in [3.8, 4) is 6.07 Å². The number of carbonyl (C=O) groups excluding carboxylic acids is 1. The maximum absolute atomic E-state index is 12.8. The first-order chi connectivity index (χ1) is 10.8. The molecule has 1 N–H and O–H groups in total. The topological polar surface area (TPSA) is 52.9 Å². The minimum absolute atomic E-state index is 0.0811. The van der Waals surface area contributed by atoms with E-state index in [0.717, 1.165) is 27.7 Å². The van der Waals surface area contributed by atoms with Gasteiger partial charge < -0.3 is 5.32 Å². The van der Waals surface area contributed by atoms with Gasteiger partial charge in [-0.2, -0.15) is 5.26 Å². The Morgan fingerprint density at radius 2 is 1.96 bits per heavy atom. The van der Waals surface area contributed by atoms with E-state index in [-0.39, 0.29) is 17.1 Å². The molecule has 3 nitrogen and oxygen atoms in total. The van der Waals surface area contributed by atoms with Gasteiger partial charge >= 0.3 is 0 Å². The molecule has 0 radical (unpaired) electrons. The molecule has 1 aliphatic heterocycles. The fraction of sp³-hybridized carbons (Fsp3) is 0.389. The van der Waals surface area contributed by atoms with Gasteiger partial charge in [0.25, 0.3) is 0 Å². The molecule has 5 heteroatoms. The molecule has 0 saturated carbocycles. The maximum Gasteiger partial charge on any atom is 0.161 e. The molecule has 2 aliphatic rings. The van der Waals surface area contributed by atoms with Gasteiger partial charge in [0, 0.05) is 28.1 Å². The van der Waals surface area contributed by atoms with Crippen molar-refractivity contribution in [1.82, 2.24) is 5.32 Å². The van der Waals surface area contributed by atoms with Crippen LogP contribution in [0.4, 0.5) is 0 Å². The van der Waals surface area contributed by atoms with Crippen molar-refractivity contribution in [2.75, 3.05) is 0 Å². The highest BCUT2D eigenvalue weighted by atomic mass is 79.9. The van der Waals surface area contributed by atoms with Crippen molar-refractivity contribution in [3.05, 3.63) is 45.6 Å². The van der Waals surface area contributed by atoms with Crippen molar-refractivity contribution in [2.45, 2.75) is 32.6 Å². The van der Waals surface area contributed by atoms with Crippen LogP contribution in [0.2, 0.25) is 0 Å². The van der Waals surface area contributed by atoms with E-state index in [2.05, 4.69) is 41.2 Å². The van der Waals surface area contributed by atoms with E-state index < -0.39 is 5.92 Å². The Hall–Kier alpha value is -1.51. The van der Waals surface area contributed by atoms with E-state index in [9.17, 15) is 10.1 Å². The molecular weight excluding hydrogens is 372 g/mol. The number of Topliss-reactive ketones (excluding diaryl/α,β-unsaturated/α-hetero) is 1. The van der Waals surface area contributed by atoms with Crippen LogP contribution >= 0.6 is 28.1 Å². The first kappa shape index (κ1) is 16.4. The number of ketones is 1. The standard InChI is InChI=1S/C18H17BrN2OS/c1-18(2)7-13-16(14(22)8-18)15(12(9-20)17(23)21-13)10-3-5-11(19)6-4-10/h3-6,12,15H,7-8H2,1-2H3,(H,21,23)/t12-,15-/m0/s1. The normalized spacial score (nSPS) is 26.3. The van der Waals surface area contributed by atoms with Gasteiger partial charge in [-0.05, 0) is 29.5 Å². The molecular formula is C18H17BrN2OS. The summed E-state index contributed by atoms with van der Waals surface area (Å²) in [5.74, 6) is -0.657. The van der Waals surface area contributed by atoms with Crippen LogP contribution in [0.3, 0.4) is 0 Å². The number of halogens is 1. The summed E-state index contributed by atoms with van der Waals surface area (Å²) in [7, 11) is 0. The fourth-order valence-corrected chi connectivity index (χ4v) is 4.09. The smallest absolute Gasteiger partial charge is 0.161 e. The van der Waals surface area contributed by atoms with E-state index in [1.807, 2.05) is 24.3 Å². The van der Waals surface area contributed by atoms with Gasteiger partial charge in [0.15, 0.2) is 5.78 Å². The van der Waals surface area contributed by atoms with Crippen LogP contribution in [-0.2, 0) is 4.79 Å². The number of nitrogens with zero attached hydrogens (tertiary/aromatic N) is 1. The molecule has 0 spiro atoms. The van der Waals surface area contributed by atoms with Gasteiger partial charge in [0.05, 0.1) is 11.1 Å². The van der Waals surface area contributed by atoms with E-state index in [1.165, 1.54) is 0 Å². The van der Waals surface area contributed by atoms with E-state index >= 15 is 0 Å². The monoisotopic (exact) mass is 388 g/mol. The summed E-state index contributed by atoms with van der Waals surface area (Å²) in [5, 5.41) is 12.8. The largest absolute Gasteiger partial charge is 0.352 e. The Bertz CT molecular complexity index is 758. The number of benzene rings is 1. The first-order valence-electron chi connectivity index (χ1n) is 7.54. The molecule has 3 rings (SSSR count). The lowest BCUT2D eigenvalue weighted by Gasteiger charge is -2.40. The molecule has 0 saturated heterocycles. The van der Waals surface area contributed by atoms with Crippen LogP contribution in [-0.4, -0.2) is 10.8 Å². The van der Waals surface area contributed by atoms with Crippen LogP contribution in [0.15, 0.2) is 40.0 Å². The summed E-state index contributed by atoms with van der Waals surface area (Å²) in [4.78, 5) is 13.3. The lowest BCUT2D eigenvalue weighted by molar-refractivity contribution is -0.118. The van der Waals surface area contributed by atoms with E-state index in [0.29, 0.717) is 11.4 Å². The van der Waals surface area contributed by atoms with E-state index in [1.54, 1.807) is 0 Å². The number of nitrogens with one attached hydrogen (secondary N) is 1. The number of allylic oxidation sites excluding steroid dienone is 2. The Balaban J connectivity index is 2.16.